The van der Waals surface area contributed by atoms with E-state index in [1.54, 1.807) is 12.1 Å². The van der Waals surface area contributed by atoms with Crippen LogP contribution in [0.3, 0.4) is 0 Å². The summed E-state index contributed by atoms with van der Waals surface area (Å²) in [4.78, 5) is 38.5. The van der Waals surface area contributed by atoms with Gasteiger partial charge >= 0.3 is 0 Å². The van der Waals surface area contributed by atoms with Crippen molar-refractivity contribution in [1.82, 2.24) is 10.2 Å². The summed E-state index contributed by atoms with van der Waals surface area (Å²) >= 11 is 0. The van der Waals surface area contributed by atoms with E-state index in [1.165, 1.54) is 5.56 Å². The van der Waals surface area contributed by atoms with E-state index in [0.717, 1.165) is 29.1 Å². The molecule has 2 aromatic rings. The maximum absolute atomic E-state index is 12.5. The number of ether oxygens (including phenoxy) is 1. The minimum Gasteiger partial charge on any atom is -0.491 e. The summed E-state index contributed by atoms with van der Waals surface area (Å²) in [6.45, 7) is 7.91. The molecule has 1 aliphatic heterocycles. The maximum Gasteiger partial charge on any atom is 0.261 e. The van der Waals surface area contributed by atoms with Crippen LogP contribution in [0, 0.1) is 6.92 Å². The van der Waals surface area contributed by atoms with Crippen molar-refractivity contribution in [3.05, 3.63) is 64.7 Å². The Balaban J connectivity index is 1.43. The minimum atomic E-state index is -0.328. The highest BCUT2D eigenvalue weighted by molar-refractivity contribution is 6.21. The first-order valence-corrected chi connectivity index (χ1v) is 10.8. The number of nitrogens with zero attached hydrogens (tertiary/aromatic N) is 1. The summed E-state index contributed by atoms with van der Waals surface area (Å²) in [6.07, 6.45) is 1.87. The summed E-state index contributed by atoms with van der Waals surface area (Å²) < 4.78 is 5.65. The first-order valence-electron chi connectivity index (χ1n) is 10.8. The second-order valence-corrected chi connectivity index (χ2v) is 8.38. The zero-order valence-electron chi connectivity index (χ0n) is 18.6. The van der Waals surface area contributed by atoms with Gasteiger partial charge in [-0.1, -0.05) is 23.8 Å². The molecule has 0 fully saturated rings. The van der Waals surface area contributed by atoms with Crippen LogP contribution >= 0.6 is 0 Å². The molecule has 6 heteroatoms. The van der Waals surface area contributed by atoms with E-state index in [9.17, 15) is 14.4 Å². The van der Waals surface area contributed by atoms with E-state index in [-0.39, 0.29) is 42.8 Å². The summed E-state index contributed by atoms with van der Waals surface area (Å²) in [6, 6.07) is 13.2. The molecule has 0 spiro atoms. The van der Waals surface area contributed by atoms with Crippen molar-refractivity contribution < 1.29 is 19.1 Å². The summed E-state index contributed by atoms with van der Waals surface area (Å²) in [5.41, 5.74) is 2.94. The van der Waals surface area contributed by atoms with Gasteiger partial charge in [0.25, 0.3) is 11.8 Å². The minimum absolute atomic E-state index is 0.0103. The molecule has 6 nitrogen and oxygen atoms in total. The number of hydrogen-bond donors (Lipinski definition) is 1. The average Bonchev–Trinajstić information content (AvgIpc) is 2.95. The fourth-order valence-electron chi connectivity index (χ4n) is 3.63. The number of hydrogen-bond acceptors (Lipinski definition) is 4. The predicted octanol–water partition coefficient (Wildman–Crippen LogP) is 3.91. The molecule has 31 heavy (non-hydrogen) atoms. The smallest absolute Gasteiger partial charge is 0.261 e. The molecule has 0 saturated heterocycles. The summed E-state index contributed by atoms with van der Waals surface area (Å²) in [7, 11) is 0. The largest absolute Gasteiger partial charge is 0.491 e. The third kappa shape index (κ3) is 5.72. The first-order chi connectivity index (χ1) is 14.7. The molecule has 1 unspecified atom stereocenters. The molecule has 3 rings (SSSR count). The van der Waals surface area contributed by atoms with Gasteiger partial charge in [-0.2, -0.15) is 0 Å². The van der Waals surface area contributed by atoms with Crippen LogP contribution in [-0.4, -0.2) is 41.3 Å². The highest BCUT2D eigenvalue weighted by Gasteiger charge is 2.35. The van der Waals surface area contributed by atoms with Gasteiger partial charge in [0.1, 0.15) is 5.75 Å². The van der Waals surface area contributed by atoms with Crippen molar-refractivity contribution in [2.75, 3.05) is 6.54 Å². The summed E-state index contributed by atoms with van der Waals surface area (Å²) in [5, 5.41) is 2.96. The van der Waals surface area contributed by atoms with Crippen molar-refractivity contribution in [2.45, 2.75) is 59.1 Å². The molecule has 1 aliphatic rings. The van der Waals surface area contributed by atoms with Crippen molar-refractivity contribution in [3.8, 4) is 5.75 Å². The molecule has 164 valence electrons. The highest BCUT2D eigenvalue weighted by atomic mass is 16.5. The third-order valence-corrected chi connectivity index (χ3v) is 5.26. The van der Waals surface area contributed by atoms with E-state index >= 15 is 0 Å². The number of benzene rings is 2. The van der Waals surface area contributed by atoms with Crippen molar-refractivity contribution in [1.29, 1.82) is 0 Å². The number of fused-ring (bicyclic) bond motifs is 1. The van der Waals surface area contributed by atoms with Gasteiger partial charge in [-0.25, -0.2) is 0 Å². The normalized spacial score (nSPS) is 14.0. The van der Waals surface area contributed by atoms with Crippen LogP contribution in [-0.2, 0) is 11.2 Å². The third-order valence-electron chi connectivity index (χ3n) is 5.26. The highest BCUT2D eigenvalue weighted by Crippen LogP contribution is 2.24. The number of nitrogens with one attached hydrogen (secondary N) is 1. The molecular weight excluding hydrogens is 392 g/mol. The fraction of sp³-hybridized carbons (Fsp3) is 0.400. The Bertz CT molecular complexity index is 966. The quantitative estimate of drug-likeness (QED) is 0.622. The van der Waals surface area contributed by atoms with E-state index in [0.29, 0.717) is 11.1 Å². The number of imide groups is 1. The Morgan fingerprint density at radius 1 is 1.00 bits per heavy atom. The van der Waals surface area contributed by atoms with Crippen LogP contribution in [0.1, 0.15) is 65.5 Å². The molecule has 1 atom stereocenters. The lowest BCUT2D eigenvalue weighted by Crippen LogP contribution is -2.37. The van der Waals surface area contributed by atoms with Gasteiger partial charge in [0.2, 0.25) is 5.91 Å². The van der Waals surface area contributed by atoms with Crippen molar-refractivity contribution in [2.24, 2.45) is 0 Å². The van der Waals surface area contributed by atoms with Crippen LogP contribution in [0.25, 0.3) is 0 Å². The second-order valence-electron chi connectivity index (χ2n) is 8.38. The van der Waals surface area contributed by atoms with Gasteiger partial charge in [0, 0.05) is 19.0 Å². The van der Waals surface area contributed by atoms with E-state index in [4.69, 9.17) is 4.74 Å². The van der Waals surface area contributed by atoms with Gasteiger partial charge in [0.15, 0.2) is 0 Å². The van der Waals surface area contributed by atoms with Gasteiger partial charge in [-0.05, 0) is 70.4 Å². The van der Waals surface area contributed by atoms with Gasteiger partial charge in [-0.3, -0.25) is 19.3 Å². The van der Waals surface area contributed by atoms with Crippen LogP contribution in [0.2, 0.25) is 0 Å². The Kier molecular flexibility index (Phi) is 7.10. The van der Waals surface area contributed by atoms with E-state index in [2.05, 4.69) is 5.32 Å². The number of rotatable bonds is 9. The number of carbonyl (C=O) groups excluding carboxylic acids is 3. The lowest BCUT2D eigenvalue weighted by atomic mass is 10.1. The van der Waals surface area contributed by atoms with Gasteiger partial charge < -0.3 is 10.1 Å². The molecule has 1 N–H and O–H groups in total. The molecule has 0 radical (unpaired) electrons. The molecule has 0 bridgehead atoms. The van der Waals surface area contributed by atoms with Crippen LogP contribution < -0.4 is 10.1 Å². The topological polar surface area (TPSA) is 75.7 Å². The van der Waals surface area contributed by atoms with Crippen molar-refractivity contribution >= 4 is 17.7 Å². The Labute approximate surface area is 183 Å². The standard InChI is InChI=1S/C25H30N2O4/c1-16(2)31-20-10-8-19(9-11-20)7-6-18(4)26-23(28)13-14-27-24(29)21-12-5-17(3)15-22(21)25(27)30/h5,8-12,15-16,18H,6-7,13-14H2,1-4H3,(H,26,28). The van der Waals surface area contributed by atoms with Gasteiger partial charge in [0.05, 0.1) is 17.2 Å². The zero-order valence-corrected chi connectivity index (χ0v) is 18.6. The average molecular weight is 423 g/mol. The molecule has 1 heterocycles. The molecular formula is C25H30N2O4. The SMILES string of the molecule is Cc1ccc2c(c1)C(=O)N(CCC(=O)NC(C)CCc1ccc(OC(C)C)cc1)C2=O. The van der Waals surface area contributed by atoms with Gasteiger partial charge in [-0.15, -0.1) is 0 Å². The van der Waals surface area contributed by atoms with Crippen molar-refractivity contribution in [3.63, 3.8) is 0 Å². The maximum atomic E-state index is 12.5. The monoisotopic (exact) mass is 422 g/mol. The predicted molar refractivity (Wildman–Crippen MR) is 119 cm³/mol. The Morgan fingerprint density at radius 2 is 1.68 bits per heavy atom. The number of amides is 3. The fourth-order valence-corrected chi connectivity index (χ4v) is 3.63. The zero-order chi connectivity index (χ0) is 22.5. The lowest BCUT2D eigenvalue weighted by Gasteiger charge is -2.17. The van der Waals surface area contributed by atoms with Crippen LogP contribution in [0.15, 0.2) is 42.5 Å². The molecule has 0 aromatic heterocycles. The first kappa shape index (κ1) is 22.5. The van der Waals surface area contributed by atoms with E-state index < -0.39 is 0 Å². The molecule has 0 saturated carbocycles. The number of aryl methyl sites for hydroxylation is 2. The van der Waals surface area contributed by atoms with Crippen LogP contribution in [0.5, 0.6) is 5.75 Å². The van der Waals surface area contributed by atoms with E-state index in [1.807, 2.05) is 58.0 Å². The number of carbonyl (C=O) groups is 3. The Morgan fingerprint density at radius 3 is 2.35 bits per heavy atom. The summed E-state index contributed by atoms with van der Waals surface area (Å²) in [5.74, 6) is 0.0320. The Hall–Kier alpha value is -3.15. The molecule has 3 amide bonds. The van der Waals surface area contributed by atoms with Crippen LogP contribution in [0.4, 0.5) is 0 Å². The lowest BCUT2D eigenvalue weighted by molar-refractivity contribution is -0.121. The second kappa shape index (κ2) is 9.77. The molecule has 0 aliphatic carbocycles. The molecule has 2 aromatic carbocycles.